The van der Waals surface area contributed by atoms with Gasteiger partial charge in [-0.3, -0.25) is 0 Å². The largest absolute Gasteiger partial charge is 0.501 e. The van der Waals surface area contributed by atoms with E-state index < -0.39 is 6.55 Å². The third kappa shape index (κ3) is 5.04. The summed E-state index contributed by atoms with van der Waals surface area (Å²) in [5, 5.41) is 4.32. The topological polar surface area (TPSA) is 18.3 Å². The third-order valence-electron chi connectivity index (χ3n) is 7.49. The number of unbranched alkanes of at least 4 members (excludes halogenated alkanes) is 1. The fraction of sp³-hybridized carbons (Fsp3) is 0.581. The second-order valence-corrected chi connectivity index (χ2v) is 13.1. The quantitative estimate of drug-likeness (QED) is 0.394. The van der Waals surface area contributed by atoms with Gasteiger partial charge in [0.2, 0.25) is 0 Å². The van der Waals surface area contributed by atoms with Crippen LogP contribution in [-0.4, -0.2) is 32.8 Å². The van der Waals surface area contributed by atoms with E-state index in [0.717, 1.165) is 6.42 Å². The first-order chi connectivity index (χ1) is 16.3. The maximum atomic E-state index is 4.32. The number of hydrogen-bond donors (Lipinski definition) is 1. The minimum absolute atomic E-state index is 0.0293. The van der Waals surface area contributed by atoms with E-state index in [1.807, 2.05) is 0 Å². The van der Waals surface area contributed by atoms with Crippen LogP contribution in [0.3, 0.4) is 0 Å². The van der Waals surface area contributed by atoms with Gasteiger partial charge in [-0.05, 0) is 70.9 Å². The Morgan fingerprint density at radius 3 is 1.80 bits per heavy atom. The van der Waals surface area contributed by atoms with Crippen LogP contribution in [-0.2, 0) is 0 Å². The van der Waals surface area contributed by atoms with Crippen molar-refractivity contribution < 1.29 is 4.49 Å². The summed E-state index contributed by atoms with van der Waals surface area (Å²) >= 11 is 0. The number of benzene rings is 2. The molecule has 0 saturated heterocycles. The van der Waals surface area contributed by atoms with Gasteiger partial charge in [0.05, 0.1) is 11.1 Å². The van der Waals surface area contributed by atoms with Crippen LogP contribution in [0, 0.1) is 0 Å². The average molecular weight is 476 g/mol. The van der Waals surface area contributed by atoms with Gasteiger partial charge < -0.3 is 14.5 Å². The molecule has 0 amide bonds. The van der Waals surface area contributed by atoms with Crippen LogP contribution in [0.2, 0.25) is 0 Å². The van der Waals surface area contributed by atoms with Crippen molar-refractivity contribution >= 4 is 23.5 Å². The fourth-order valence-corrected chi connectivity index (χ4v) is 6.23. The summed E-state index contributed by atoms with van der Waals surface area (Å²) < 4.78 is 2.74. The highest BCUT2D eigenvalue weighted by atomic mass is 15.5. The lowest BCUT2D eigenvalue weighted by Crippen LogP contribution is -2.90. The van der Waals surface area contributed by atoms with Crippen LogP contribution in [0.25, 0.3) is 0 Å². The van der Waals surface area contributed by atoms with Crippen molar-refractivity contribution in [3.8, 4) is 0 Å². The minimum atomic E-state index is -1.42. The van der Waals surface area contributed by atoms with Crippen LogP contribution in [0.1, 0.15) is 118 Å². The van der Waals surface area contributed by atoms with Gasteiger partial charge in [0.1, 0.15) is 0 Å². The molecule has 0 aliphatic carbocycles. The summed E-state index contributed by atoms with van der Waals surface area (Å²) in [6.07, 6.45) is 3.51. The first kappa shape index (κ1) is 27.4. The molecule has 2 aromatic carbocycles. The number of nitrogens with zero attached hydrogens (tertiary/aromatic N) is 2. The molecule has 4 heteroatoms. The zero-order chi connectivity index (χ0) is 26.2. The van der Waals surface area contributed by atoms with Crippen molar-refractivity contribution in [2.75, 3.05) is 5.23 Å². The second kappa shape index (κ2) is 10.0. The Bertz CT molecular complexity index is 1010. The Morgan fingerprint density at radius 1 is 0.829 bits per heavy atom. The van der Waals surface area contributed by atoms with E-state index in [0.29, 0.717) is 11.8 Å². The van der Waals surface area contributed by atoms with Crippen molar-refractivity contribution in [3.63, 3.8) is 0 Å². The molecule has 0 fully saturated rings. The van der Waals surface area contributed by atoms with E-state index >= 15 is 0 Å². The number of rotatable bonds is 8. The van der Waals surface area contributed by atoms with Gasteiger partial charge in [-0.25, -0.2) is 0 Å². The molecule has 2 aromatic rings. The molecular formula is C31H50BN3. The van der Waals surface area contributed by atoms with E-state index in [-0.39, 0.29) is 11.1 Å². The van der Waals surface area contributed by atoms with Crippen molar-refractivity contribution in [2.45, 2.75) is 118 Å². The molecule has 1 aliphatic rings. The first-order valence-corrected chi connectivity index (χ1v) is 13.8. The first-order valence-electron chi connectivity index (χ1n) is 13.8. The monoisotopic (exact) mass is 475 g/mol. The molecule has 35 heavy (non-hydrogen) atoms. The maximum absolute atomic E-state index is 4.32. The SMILES string of the molecule is CCCCC1=[N+](C(C)(C)C)[B@-](Nc2c(C(C)C)cccc2C(C)C)(c2ccccc2)N1C(C)(C)C. The van der Waals surface area contributed by atoms with Gasteiger partial charge in [-0.15, -0.1) is 0 Å². The van der Waals surface area contributed by atoms with E-state index in [2.05, 4.69) is 139 Å². The molecule has 0 aromatic heterocycles. The predicted molar refractivity (Wildman–Crippen MR) is 156 cm³/mol. The Balaban J connectivity index is 2.42. The smallest absolute Gasteiger partial charge is 0.474 e. The van der Waals surface area contributed by atoms with Crippen molar-refractivity contribution in [3.05, 3.63) is 59.7 Å². The molecule has 0 unspecified atom stereocenters. The van der Waals surface area contributed by atoms with E-state index in [9.17, 15) is 0 Å². The Hall–Kier alpha value is -2.23. The van der Waals surface area contributed by atoms with E-state index in [1.165, 1.54) is 41.0 Å². The fourth-order valence-electron chi connectivity index (χ4n) is 6.23. The van der Waals surface area contributed by atoms with Gasteiger partial charge in [0.25, 0.3) is 0 Å². The van der Waals surface area contributed by atoms with Crippen LogP contribution >= 0.6 is 0 Å². The Kier molecular flexibility index (Phi) is 7.84. The summed E-state index contributed by atoms with van der Waals surface area (Å²) in [5.74, 6) is 2.35. The number of nitrogens with one attached hydrogen (secondary N) is 1. The van der Waals surface area contributed by atoms with Crippen LogP contribution in [0.5, 0.6) is 0 Å². The second-order valence-electron chi connectivity index (χ2n) is 13.1. The highest BCUT2D eigenvalue weighted by Crippen LogP contribution is 2.41. The Labute approximate surface area is 216 Å². The van der Waals surface area contributed by atoms with Crippen LogP contribution < -0.4 is 10.7 Å². The molecule has 1 heterocycles. The van der Waals surface area contributed by atoms with Crippen molar-refractivity contribution in [1.29, 1.82) is 0 Å². The minimum Gasteiger partial charge on any atom is -0.474 e. The maximum Gasteiger partial charge on any atom is 0.501 e. The van der Waals surface area contributed by atoms with Gasteiger partial charge >= 0.3 is 6.55 Å². The lowest BCUT2D eigenvalue weighted by Gasteiger charge is -2.64. The molecule has 3 rings (SSSR count). The lowest BCUT2D eigenvalue weighted by molar-refractivity contribution is -0.516. The van der Waals surface area contributed by atoms with E-state index in [1.54, 1.807) is 0 Å². The van der Waals surface area contributed by atoms with Crippen LogP contribution in [0.4, 0.5) is 5.69 Å². The number of para-hydroxylation sites is 1. The standard InChI is InChI=1S/C31H50BN3/c1-12-13-22-28-34(30(6,7)8)32(35(28)31(9,10)11,25-18-15-14-16-19-25)33-29-26(23(2)3)20-17-21-27(29)24(4)5/h14-21,23-24,33H,12-13,22H2,1-11H3. The molecule has 0 saturated carbocycles. The highest BCUT2D eigenvalue weighted by molar-refractivity contribution is 6.90. The number of amidine groups is 1. The molecule has 0 radical (unpaired) electrons. The molecule has 0 spiro atoms. The molecule has 1 atom stereocenters. The molecule has 1 N–H and O–H groups in total. The van der Waals surface area contributed by atoms with Crippen molar-refractivity contribution in [2.24, 2.45) is 0 Å². The van der Waals surface area contributed by atoms with Gasteiger partial charge in [-0.2, -0.15) is 0 Å². The zero-order valence-corrected chi connectivity index (χ0v) is 24.4. The normalized spacial score (nSPS) is 18.9. The summed E-state index contributed by atoms with van der Waals surface area (Å²) in [7, 11) is 0. The zero-order valence-electron chi connectivity index (χ0n) is 24.4. The van der Waals surface area contributed by atoms with Gasteiger partial charge in [0, 0.05) is 12.1 Å². The third-order valence-corrected chi connectivity index (χ3v) is 7.49. The number of hydrogen-bond acceptors (Lipinski definition) is 2. The lowest BCUT2D eigenvalue weighted by atomic mass is 9.43. The summed E-state index contributed by atoms with van der Waals surface area (Å²) in [6, 6.07) is 18.1. The average Bonchev–Trinajstić information content (AvgIpc) is 2.73. The summed E-state index contributed by atoms with van der Waals surface area (Å²) in [5.41, 5.74) is 5.41. The summed E-state index contributed by atoms with van der Waals surface area (Å²) in [4.78, 5) is 2.74. The molecular weight excluding hydrogens is 425 g/mol. The Morgan fingerprint density at radius 2 is 1.37 bits per heavy atom. The number of anilines is 1. The molecule has 3 nitrogen and oxygen atoms in total. The molecule has 1 aliphatic heterocycles. The highest BCUT2D eigenvalue weighted by Gasteiger charge is 2.63. The van der Waals surface area contributed by atoms with Gasteiger partial charge in [-0.1, -0.05) is 95.0 Å². The van der Waals surface area contributed by atoms with Crippen molar-refractivity contribution in [1.82, 2.24) is 4.81 Å². The molecule has 192 valence electrons. The summed E-state index contributed by atoms with van der Waals surface area (Å²) in [6.45, 7) is 24.4. The predicted octanol–water partition coefficient (Wildman–Crippen LogP) is 7.71. The van der Waals surface area contributed by atoms with Gasteiger partial charge in [0.15, 0.2) is 5.84 Å². The van der Waals surface area contributed by atoms with E-state index in [4.69, 9.17) is 0 Å². The molecule has 0 bridgehead atoms. The van der Waals surface area contributed by atoms with Crippen LogP contribution in [0.15, 0.2) is 48.5 Å².